The highest BCUT2D eigenvalue weighted by atomic mass is 79.9. The molecule has 0 bridgehead atoms. The zero-order chi connectivity index (χ0) is 9.68. The first-order chi connectivity index (χ1) is 6.29. The number of carbonyl (C=O) groups excluding carboxylic acids is 1. The Kier molecular flexibility index (Phi) is 4.16. The maximum atomic E-state index is 11.5. The van der Waals surface area contributed by atoms with Gasteiger partial charge in [0.15, 0.2) is 5.78 Å². The van der Waals surface area contributed by atoms with Crippen LogP contribution in [0.3, 0.4) is 0 Å². The second-order valence-corrected chi connectivity index (χ2v) is 3.52. The van der Waals surface area contributed by atoms with Gasteiger partial charge in [0, 0.05) is 5.56 Å². The third kappa shape index (κ3) is 2.66. The van der Waals surface area contributed by atoms with Gasteiger partial charge in [-0.2, -0.15) is 0 Å². The summed E-state index contributed by atoms with van der Waals surface area (Å²) >= 11 is 3.19. The van der Waals surface area contributed by atoms with Crippen LogP contribution in [-0.2, 0) is 6.42 Å². The van der Waals surface area contributed by atoms with E-state index in [1.807, 2.05) is 24.3 Å². The maximum Gasteiger partial charge on any atom is 0.173 e. The Hall–Kier alpha value is -0.630. The number of rotatable bonds is 4. The molecule has 0 aliphatic carbocycles. The molecule has 0 radical (unpaired) electrons. The van der Waals surface area contributed by atoms with Crippen molar-refractivity contribution in [3.63, 3.8) is 0 Å². The molecule has 1 nitrogen and oxygen atoms in total. The molecule has 0 unspecified atom stereocenters. The molecule has 0 aliphatic rings. The first kappa shape index (κ1) is 10.5. The molecule has 0 saturated carbocycles. The molecule has 0 aliphatic heterocycles. The van der Waals surface area contributed by atoms with Crippen molar-refractivity contribution in [1.29, 1.82) is 0 Å². The largest absolute Gasteiger partial charge is 0.293 e. The number of hydrogen-bond donors (Lipinski definition) is 0. The third-order valence-electron chi connectivity index (χ3n) is 1.96. The lowest BCUT2D eigenvalue weighted by Gasteiger charge is -2.05. The fraction of sp³-hybridized carbons (Fsp3) is 0.364. The van der Waals surface area contributed by atoms with Gasteiger partial charge in [0.25, 0.3) is 0 Å². The van der Waals surface area contributed by atoms with E-state index in [1.54, 1.807) is 0 Å². The Morgan fingerprint density at radius 3 is 2.69 bits per heavy atom. The summed E-state index contributed by atoms with van der Waals surface area (Å²) in [7, 11) is 0. The van der Waals surface area contributed by atoms with Gasteiger partial charge in [-0.3, -0.25) is 4.79 Å². The smallest absolute Gasteiger partial charge is 0.173 e. The van der Waals surface area contributed by atoms with Crippen molar-refractivity contribution in [2.24, 2.45) is 0 Å². The van der Waals surface area contributed by atoms with E-state index in [9.17, 15) is 4.79 Å². The van der Waals surface area contributed by atoms with E-state index >= 15 is 0 Å². The van der Waals surface area contributed by atoms with Crippen molar-refractivity contribution >= 4 is 21.7 Å². The Morgan fingerprint density at radius 2 is 2.08 bits per heavy atom. The van der Waals surface area contributed by atoms with Crippen molar-refractivity contribution in [3.8, 4) is 0 Å². The lowest BCUT2D eigenvalue weighted by molar-refractivity contribution is 0.102. The van der Waals surface area contributed by atoms with Gasteiger partial charge in [-0.05, 0) is 12.0 Å². The summed E-state index contributed by atoms with van der Waals surface area (Å²) in [4.78, 5) is 11.5. The van der Waals surface area contributed by atoms with Crippen LogP contribution >= 0.6 is 15.9 Å². The van der Waals surface area contributed by atoms with Crippen LogP contribution in [0, 0.1) is 0 Å². The van der Waals surface area contributed by atoms with Crippen LogP contribution < -0.4 is 0 Å². The minimum Gasteiger partial charge on any atom is -0.293 e. The number of aryl methyl sites for hydroxylation is 1. The molecule has 0 amide bonds. The fourth-order valence-electron chi connectivity index (χ4n) is 1.35. The third-order valence-corrected chi connectivity index (χ3v) is 2.47. The van der Waals surface area contributed by atoms with Gasteiger partial charge in [0.2, 0.25) is 0 Å². The van der Waals surface area contributed by atoms with Gasteiger partial charge in [-0.15, -0.1) is 0 Å². The second-order valence-electron chi connectivity index (χ2n) is 2.96. The standard InChI is InChI=1S/C11H13BrO/c1-2-5-9-6-3-4-7-10(9)11(13)8-12/h3-4,6-7H,2,5,8H2,1H3. The topological polar surface area (TPSA) is 17.1 Å². The van der Waals surface area contributed by atoms with Gasteiger partial charge in [0.1, 0.15) is 0 Å². The summed E-state index contributed by atoms with van der Waals surface area (Å²) in [6.07, 6.45) is 2.06. The van der Waals surface area contributed by atoms with Crippen molar-refractivity contribution in [2.45, 2.75) is 19.8 Å². The van der Waals surface area contributed by atoms with Crippen LogP contribution in [0.2, 0.25) is 0 Å². The predicted molar refractivity (Wildman–Crippen MR) is 58.6 cm³/mol. The summed E-state index contributed by atoms with van der Waals surface area (Å²) in [5.41, 5.74) is 2.02. The first-order valence-electron chi connectivity index (χ1n) is 4.46. The molecule has 0 fully saturated rings. The number of benzene rings is 1. The number of halogens is 1. The molecule has 0 N–H and O–H groups in total. The minimum atomic E-state index is 0.170. The zero-order valence-corrected chi connectivity index (χ0v) is 9.30. The molecule has 1 aromatic carbocycles. The number of alkyl halides is 1. The van der Waals surface area contributed by atoms with Crippen LogP contribution in [0.15, 0.2) is 24.3 Å². The van der Waals surface area contributed by atoms with Gasteiger partial charge in [-0.25, -0.2) is 0 Å². The highest BCUT2D eigenvalue weighted by Gasteiger charge is 2.07. The molecule has 0 spiro atoms. The van der Waals surface area contributed by atoms with E-state index in [1.165, 1.54) is 0 Å². The lowest BCUT2D eigenvalue weighted by atomic mass is 10.0. The predicted octanol–water partition coefficient (Wildman–Crippen LogP) is 3.22. The monoisotopic (exact) mass is 240 g/mol. The molecule has 1 rings (SSSR count). The lowest BCUT2D eigenvalue weighted by Crippen LogP contribution is -2.04. The molecule has 0 atom stereocenters. The molecule has 0 heterocycles. The van der Waals surface area contributed by atoms with Crippen LogP contribution in [0.25, 0.3) is 0 Å². The van der Waals surface area contributed by atoms with Gasteiger partial charge in [-0.1, -0.05) is 53.5 Å². The first-order valence-corrected chi connectivity index (χ1v) is 5.58. The number of hydrogen-bond acceptors (Lipinski definition) is 1. The van der Waals surface area contributed by atoms with Gasteiger partial charge < -0.3 is 0 Å². The van der Waals surface area contributed by atoms with Crippen LogP contribution in [0.4, 0.5) is 0 Å². The van der Waals surface area contributed by atoms with Crippen molar-refractivity contribution < 1.29 is 4.79 Å². The second kappa shape index (κ2) is 5.18. The molecule has 2 heteroatoms. The van der Waals surface area contributed by atoms with Gasteiger partial charge in [0.05, 0.1) is 5.33 Å². The quantitative estimate of drug-likeness (QED) is 0.584. The van der Waals surface area contributed by atoms with Crippen LogP contribution in [-0.4, -0.2) is 11.1 Å². The fourth-order valence-corrected chi connectivity index (χ4v) is 1.65. The van der Waals surface area contributed by atoms with Crippen molar-refractivity contribution in [1.82, 2.24) is 0 Å². The number of Topliss-reactive ketones (excluding diaryl/α,β-unsaturated/α-hetero) is 1. The normalized spacial score (nSPS) is 10.0. The van der Waals surface area contributed by atoms with Crippen molar-refractivity contribution in [3.05, 3.63) is 35.4 Å². The molecule has 70 valence electrons. The Balaban J connectivity index is 2.97. The van der Waals surface area contributed by atoms with E-state index in [4.69, 9.17) is 0 Å². The van der Waals surface area contributed by atoms with Crippen LogP contribution in [0.1, 0.15) is 29.3 Å². The van der Waals surface area contributed by atoms with E-state index in [0.717, 1.165) is 24.0 Å². The summed E-state index contributed by atoms with van der Waals surface area (Å²) in [5.74, 6) is 0.170. The number of ketones is 1. The van der Waals surface area contributed by atoms with E-state index in [0.29, 0.717) is 5.33 Å². The van der Waals surface area contributed by atoms with Gasteiger partial charge >= 0.3 is 0 Å². The SMILES string of the molecule is CCCc1ccccc1C(=O)CBr. The van der Waals surface area contributed by atoms with E-state index in [-0.39, 0.29) is 5.78 Å². The Bertz CT molecular complexity index is 294. The molecular weight excluding hydrogens is 228 g/mol. The minimum absolute atomic E-state index is 0.170. The Morgan fingerprint density at radius 1 is 1.38 bits per heavy atom. The summed E-state index contributed by atoms with van der Waals surface area (Å²) in [6.45, 7) is 2.12. The summed E-state index contributed by atoms with van der Waals surface area (Å²) in [6, 6.07) is 7.82. The van der Waals surface area contributed by atoms with Crippen molar-refractivity contribution in [2.75, 3.05) is 5.33 Å². The molecule has 0 saturated heterocycles. The average molecular weight is 241 g/mol. The summed E-state index contributed by atoms with van der Waals surface area (Å²) in [5, 5.41) is 0.410. The molecule has 1 aromatic rings. The highest BCUT2D eigenvalue weighted by molar-refractivity contribution is 9.09. The number of carbonyl (C=O) groups is 1. The highest BCUT2D eigenvalue weighted by Crippen LogP contribution is 2.12. The summed E-state index contributed by atoms with van der Waals surface area (Å²) < 4.78 is 0. The Labute approximate surface area is 87.3 Å². The van der Waals surface area contributed by atoms with Crippen LogP contribution in [0.5, 0.6) is 0 Å². The van der Waals surface area contributed by atoms with E-state index < -0.39 is 0 Å². The molecular formula is C11H13BrO. The average Bonchev–Trinajstić information content (AvgIpc) is 2.18. The molecule has 0 aromatic heterocycles. The zero-order valence-electron chi connectivity index (χ0n) is 7.72. The van der Waals surface area contributed by atoms with E-state index in [2.05, 4.69) is 22.9 Å². The molecule has 13 heavy (non-hydrogen) atoms. The maximum absolute atomic E-state index is 11.5.